The van der Waals surface area contributed by atoms with Crippen molar-refractivity contribution in [2.75, 3.05) is 0 Å². The normalized spacial score (nSPS) is 11.5. The first-order chi connectivity index (χ1) is 25.8. The van der Waals surface area contributed by atoms with Crippen LogP contribution in [0.1, 0.15) is 0 Å². The molecule has 0 heterocycles. The Morgan fingerprint density at radius 3 is 0.885 bits per heavy atom. The van der Waals surface area contributed by atoms with Gasteiger partial charge < -0.3 is 0 Å². The highest BCUT2D eigenvalue weighted by Gasteiger charge is 2.18. The lowest BCUT2D eigenvalue weighted by molar-refractivity contribution is 1.58. The second-order valence-electron chi connectivity index (χ2n) is 13.6. The van der Waals surface area contributed by atoms with Gasteiger partial charge in [-0.15, -0.1) is 0 Å². The maximum Gasteiger partial charge on any atom is -0.00203 e. The Morgan fingerprint density at radius 1 is 0.173 bits per heavy atom. The zero-order valence-electron chi connectivity index (χ0n) is 28.6. The minimum Gasteiger partial charge on any atom is -0.0622 e. The Bertz CT molecular complexity index is 2650. The van der Waals surface area contributed by atoms with Crippen LogP contribution in [-0.4, -0.2) is 0 Å². The fourth-order valence-electron chi connectivity index (χ4n) is 8.16. The standard InChI is InChI=1S/C52H34/c1-3-11-35(12-4-1)37-19-23-39(24-20-37)43-15-7-9-17-45(43)47-31-27-41-30-34-50-48(32-28-42-29-33-49(47)51(41)52(42)50)46-18-10-8-16-44(46)40-25-21-38(22-26-40)36-13-5-2-6-14-36/h1-34H. The quantitative estimate of drug-likeness (QED) is 0.156. The minimum absolute atomic E-state index is 1.22. The molecule has 0 N–H and O–H groups in total. The van der Waals surface area contributed by atoms with E-state index < -0.39 is 0 Å². The summed E-state index contributed by atoms with van der Waals surface area (Å²) in [5.41, 5.74) is 14.9. The summed E-state index contributed by atoms with van der Waals surface area (Å²) in [5.74, 6) is 0. The summed E-state index contributed by atoms with van der Waals surface area (Å²) in [7, 11) is 0. The third-order valence-electron chi connectivity index (χ3n) is 10.7. The summed E-state index contributed by atoms with van der Waals surface area (Å²) in [6, 6.07) is 75.4. The highest BCUT2D eigenvalue weighted by molar-refractivity contribution is 6.28. The molecular formula is C52H34. The van der Waals surface area contributed by atoms with E-state index in [2.05, 4.69) is 206 Å². The maximum atomic E-state index is 2.33. The van der Waals surface area contributed by atoms with Crippen LogP contribution >= 0.6 is 0 Å². The second-order valence-corrected chi connectivity index (χ2v) is 13.6. The van der Waals surface area contributed by atoms with Crippen molar-refractivity contribution in [2.24, 2.45) is 0 Å². The SMILES string of the molecule is c1ccc(-c2ccc(-c3ccccc3-c3ccc4ccc5c(-c6ccccc6-c6ccc(-c7ccccc7)cc6)ccc6ccc3c4c65)cc2)cc1. The Morgan fingerprint density at radius 2 is 0.481 bits per heavy atom. The van der Waals surface area contributed by atoms with E-state index in [0.29, 0.717) is 0 Å². The molecule has 0 saturated heterocycles. The number of hydrogen-bond donors (Lipinski definition) is 0. The fourth-order valence-corrected chi connectivity index (χ4v) is 8.16. The van der Waals surface area contributed by atoms with E-state index in [4.69, 9.17) is 0 Å². The van der Waals surface area contributed by atoms with Gasteiger partial charge in [-0.2, -0.15) is 0 Å². The number of hydrogen-bond acceptors (Lipinski definition) is 0. The Labute approximate surface area is 304 Å². The van der Waals surface area contributed by atoms with Gasteiger partial charge in [-0.1, -0.05) is 206 Å². The molecule has 0 atom stereocenters. The van der Waals surface area contributed by atoms with Crippen molar-refractivity contribution < 1.29 is 0 Å². The molecule has 0 aromatic heterocycles. The molecule has 0 aliphatic carbocycles. The summed E-state index contributed by atoms with van der Waals surface area (Å²) in [5, 5.41) is 7.75. The van der Waals surface area contributed by atoms with Crippen LogP contribution in [-0.2, 0) is 0 Å². The maximum absolute atomic E-state index is 2.33. The molecule has 0 aliphatic rings. The van der Waals surface area contributed by atoms with Crippen molar-refractivity contribution >= 4 is 32.3 Å². The summed E-state index contributed by atoms with van der Waals surface area (Å²) >= 11 is 0. The monoisotopic (exact) mass is 658 g/mol. The van der Waals surface area contributed by atoms with Gasteiger partial charge in [0.25, 0.3) is 0 Å². The van der Waals surface area contributed by atoms with Gasteiger partial charge in [0, 0.05) is 0 Å². The third-order valence-corrected chi connectivity index (χ3v) is 10.7. The lowest BCUT2D eigenvalue weighted by Crippen LogP contribution is -1.92. The van der Waals surface area contributed by atoms with Crippen LogP contribution in [0, 0.1) is 0 Å². The average molecular weight is 659 g/mol. The molecule has 10 rings (SSSR count). The van der Waals surface area contributed by atoms with Crippen LogP contribution in [0.2, 0.25) is 0 Å². The van der Waals surface area contributed by atoms with Crippen molar-refractivity contribution in [3.05, 3.63) is 206 Å². The molecule has 0 saturated carbocycles. The molecule has 0 bridgehead atoms. The van der Waals surface area contributed by atoms with E-state index >= 15 is 0 Å². The van der Waals surface area contributed by atoms with Crippen LogP contribution in [0.4, 0.5) is 0 Å². The lowest BCUT2D eigenvalue weighted by atomic mass is 9.84. The smallest absolute Gasteiger partial charge is 0.00203 e. The van der Waals surface area contributed by atoms with E-state index in [1.165, 1.54) is 99.1 Å². The third kappa shape index (κ3) is 5.08. The highest BCUT2D eigenvalue weighted by atomic mass is 14.2. The van der Waals surface area contributed by atoms with Crippen LogP contribution < -0.4 is 0 Å². The molecule has 0 radical (unpaired) electrons. The van der Waals surface area contributed by atoms with Crippen LogP contribution in [0.15, 0.2) is 206 Å². The van der Waals surface area contributed by atoms with E-state index in [-0.39, 0.29) is 0 Å². The number of rotatable bonds is 6. The topological polar surface area (TPSA) is 0 Å². The van der Waals surface area contributed by atoms with Gasteiger partial charge in [0.1, 0.15) is 0 Å². The molecule has 0 heteroatoms. The molecule has 242 valence electrons. The largest absolute Gasteiger partial charge is 0.0622 e. The Balaban J connectivity index is 1.11. The zero-order valence-corrected chi connectivity index (χ0v) is 28.6. The fraction of sp³-hybridized carbons (Fsp3) is 0. The zero-order chi connectivity index (χ0) is 34.4. The van der Waals surface area contributed by atoms with Gasteiger partial charge >= 0.3 is 0 Å². The van der Waals surface area contributed by atoms with Crippen LogP contribution in [0.25, 0.3) is 99.1 Å². The van der Waals surface area contributed by atoms with Gasteiger partial charge in [-0.05, 0) is 99.1 Å². The molecule has 0 aliphatic heterocycles. The first-order valence-corrected chi connectivity index (χ1v) is 18.0. The summed E-state index contributed by atoms with van der Waals surface area (Å²) in [4.78, 5) is 0. The van der Waals surface area contributed by atoms with E-state index in [0.717, 1.165) is 0 Å². The van der Waals surface area contributed by atoms with Gasteiger partial charge in [0.2, 0.25) is 0 Å². The van der Waals surface area contributed by atoms with Crippen molar-refractivity contribution in [1.29, 1.82) is 0 Å². The van der Waals surface area contributed by atoms with E-state index in [1.807, 2.05) is 0 Å². The molecule has 10 aromatic carbocycles. The van der Waals surface area contributed by atoms with Gasteiger partial charge in [-0.3, -0.25) is 0 Å². The molecule has 52 heavy (non-hydrogen) atoms. The number of benzene rings is 10. The van der Waals surface area contributed by atoms with Crippen molar-refractivity contribution in [3.8, 4) is 66.8 Å². The molecule has 0 fully saturated rings. The van der Waals surface area contributed by atoms with Gasteiger partial charge in [0.05, 0.1) is 0 Å². The Kier molecular flexibility index (Phi) is 7.25. The first-order valence-electron chi connectivity index (χ1n) is 18.0. The molecular weight excluding hydrogens is 625 g/mol. The molecule has 0 spiro atoms. The van der Waals surface area contributed by atoms with Crippen LogP contribution in [0.5, 0.6) is 0 Å². The second kappa shape index (κ2) is 12.5. The van der Waals surface area contributed by atoms with Crippen molar-refractivity contribution in [1.82, 2.24) is 0 Å². The van der Waals surface area contributed by atoms with Gasteiger partial charge in [0.15, 0.2) is 0 Å². The highest BCUT2D eigenvalue weighted by Crippen LogP contribution is 2.45. The van der Waals surface area contributed by atoms with Crippen LogP contribution in [0.3, 0.4) is 0 Å². The average Bonchev–Trinajstić information content (AvgIpc) is 3.23. The molecule has 0 nitrogen and oxygen atoms in total. The van der Waals surface area contributed by atoms with E-state index in [1.54, 1.807) is 0 Å². The predicted octanol–water partition coefficient (Wildman–Crippen LogP) is 14.6. The summed E-state index contributed by atoms with van der Waals surface area (Å²) in [6.07, 6.45) is 0. The molecule has 0 amide bonds. The summed E-state index contributed by atoms with van der Waals surface area (Å²) in [6.45, 7) is 0. The van der Waals surface area contributed by atoms with Gasteiger partial charge in [-0.25, -0.2) is 0 Å². The predicted molar refractivity (Wildman–Crippen MR) is 223 cm³/mol. The van der Waals surface area contributed by atoms with Crippen molar-refractivity contribution in [3.63, 3.8) is 0 Å². The Hall–Kier alpha value is -6.76. The minimum atomic E-state index is 1.22. The van der Waals surface area contributed by atoms with E-state index in [9.17, 15) is 0 Å². The molecule has 0 unspecified atom stereocenters. The summed E-state index contributed by atoms with van der Waals surface area (Å²) < 4.78 is 0. The molecule has 10 aromatic rings. The van der Waals surface area contributed by atoms with Crippen molar-refractivity contribution in [2.45, 2.75) is 0 Å². The lowest BCUT2D eigenvalue weighted by Gasteiger charge is -2.19. The first kappa shape index (κ1) is 30.1.